The molecular formula is C30H32N4O4S. The van der Waals surface area contributed by atoms with Crippen LogP contribution < -0.4 is 15.8 Å². The van der Waals surface area contributed by atoms with Crippen LogP contribution in [-0.2, 0) is 10.0 Å². The first-order chi connectivity index (χ1) is 18.6. The summed E-state index contributed by atoms with van der Waals surface area (Å²) in [5, 5.41) is 3.78. The Morgan fingerprint density at radius 2 is 1.77 bits per heavy atom. The molecule has 1 amide bonds. The third-order valence-corrected chi connectivity index (χ3v) is 9.11. The molecule has 1 saturated heterocycles. The van der Waals surface area contributed by atoms with Crippen molar-refractivity contribution < 1.29 is 13.2 Å². The number of pyridine rings is 1. The predicted octanol–water partition coefficient (Wildman–Crippen LogP) is 5.07. The summed E-state index contributed by atoms with van der Waals surface area (Å²) < 4.78 is 27.1. The van der Waals surface area contributed by atoms with Crippen LogP contribution in [0.25, 0.3) is 10.9 Å². The summed E-state index contributed by atoms with van der Waals surface area (Å²) in [7, 11) is -0.810. The lowest BCUT2D eigenvalue weighted by Gasteiger charge is -2.39. The number of hydrogen-bond donors (Lipinski definition) is 2. The largest absolute Gasteiger partial charge is 0.364 e. The van der Waals surface area contributed by atoms with Crippen molar-refractivity contribution in [2.24, 2.45) is 0 Å². The molecule has 1 unspecified atom stereocenters. The number of sulfonamides is 1. The molecule has 0 bridgehead atoms. The normalized spacial score (nSPS) is 16.0. The molecule has 5 rings (SSSR count). The van der Waals surface area contributed by atoms with E-state index in [2.05, 4.69) is 27.3 Å². The standard InChI is InChI=1S/C30H32N4O4S/c1-20-17-29(35)32-26-14-12-22(18-24(20)26)31-30(36)25-19-23(39(37,38)33(2)3)13-15-28(25)34-16-8-7-11-27(34)21-9-5-4-6-10-21/h4-6,9-10,12-15,17-19,27H,7-8,11,16H2,1-3H3,(H,31,36)(H,32,35). The van der Waals surface area contributed by atoms with Gasteiger partial charge in [0.25, 0.3) is 5.91 Å². The maximum absolute atomic E-state index is 13.8. The first kappa shape index (κ1) is 26.6. The Balaban J connectivity index is 1.59. The summed E-state index contributed by atoms with van der Waals surface area (Å²) in [6, 6.07) is 21.9. The maximum atomic E-state index is 13.8. The average molecular weight is 545 g/mol. The van der Waals surface area contributed by atoms with E-state index in [0.29, 0.717) is 22.5 Å². The van der Waals surface area contributed by atoms with Gasteiger partial charge in [-0.25, -0.2) is 12.7 Å². The van der Waals surface area contributed by atoms with Crippen molar-refractivity contribution in [2.75, 3.05) is 30.9 Å². The molecule has 1 atom stereocenters. The van der Waals surface area contributed by atoms with E-state index in [-0.39, 0.29) is 16.5 Å². The first-order valence-corrected chi connectivity index (χ1v) is 14.4. The maximum Gasteiger partial charge on any atom is 0.257 e. The molecule has 4 aromatic rings. The zero-order chi connectivity index (χ0) is 27.7. The number of nitrogens with zero attached hydrogens (tertiary/aromatic N) is 2. The molecule has 39 heavy (non-hydrogen) atoms. The topological polar surface area (TPSA) is 103 Å². The fourth-order valence-electron chi connectivity index (χ4n) is 5.26. The number of hydrogen-bond acceptors (Lipinski definition) is 5. The number of piperidine rings is 1. The molecule has 3 aromatic carbocycles. The number of nitrogens with one attached hydrogen (secondary N) is 2. The molecule has 1 aliphatic rings. The van der Waals surface area contributed by atoms with E-state index in [9.17, 15) is 18.0 Å². The highest BCUT2D eigenvalue weighted by molar-refractivity contribution is 7.89. The average Bonchev–Trinajstić information content (AvgIpc) is 2.93. The predicted molar refractivity (Wildman–Crippen MR) is 155 cm³/mol. The number of fused-ring (bicyclic) bond motifs is 1. The lowest BCUT2D eigenvalue weighted by atomic mass is 9.93. The number of H-pyrrole nitrogens is 1. The molecule has 0 radical (unpaired) electrons. The van der Waals surface area contributed by atoms with E-state index in [4.69, 9.17) is 0 Å². The van der Waals surface area contributed by atoms with Crippen molar-refractivity contribution in [3.63, 3.8) is 0 Å². The lowest BCUT2D eigenvalue weighted by Crippen LogP contribution is -2.35. The van der Waals surface area contributed by atoms with Gasteiger partial charge in [0, 0.05) is 43.3 Å². The van der Waals surface area contributed by atoms with Gasteiger partial charge >= 0.3 is 0 Å². The quantitative estimate of drug-likeness (QED) is 0.353. The second-order valence-electron chi connectivity index (χ2n) is 10.1. The summed E-state index contributed by atoms with van der Waals surface area (Å²) in [4.78, 5) is 30.8. The van der Waals surface area contributed by atoms with Gasteiger partial charge in [-0.05, 0) is 73.7 Å². The molecule has 0 saturated carbocycles. The smallest absolute Gasteiger partial charge is 0.257 e. The molecule has 0 aliphatic carbocycles. The summed E-state index contributed by atoms with van der Waals surface area (Å²) in [6.45, 7) is 2.60. The monoisotopic (exact) mass is 544 g/mol. The summed E-state index contributed by atoms with van der Waals surface area (Å²) in [5.74, 6) is -0.403. The summed E-state index contributed by atoms with van der Waals surface area (Å²) in [6.07, 6.45) is 2.98. The van der Waals surface area contributed by atoms with Crippen molar-refractivity contribution in [3.05, 3.63) is 99.8 Å². The second-order valence-corrected chi connectivity index (χ2v) is 12.3. The van der Waals surface area contributed by atoms with Gasteiger partial charge in [0.05, 0.1) is 22.2 Å². The Morgan fingerprint density at radius 3 is 2.51 bits per heavy atom. The van der Waals surface area contributed by atoms with Crippen LogP contribution in [0, 0.1) is 6.92 Å². The van der Waals surface area contributed by atoms with E-state index in [1.165, 1.54) is 26.2 Å². The van der Waals surface area contributed by atoms with Crippen LogP contribution in [0.5, 0.6) is 0 Å². The van der Waals surface area contributed by atoms with Gasteiger partial charge in [0.15, 0.2) is 0 Å². The number of aromatic amines is 1. The molecule has 202 valence electrons. The Morgan fingerprint density at radius 1 is 1.00 bits per heavy atom. The van der Waals surface area contributed by atoms with Crippen molar-refractivity contribution in [1.29, 1.82) is 0 Å². The van der Waals surface area contributed by atoms with E-state index in [0.717, 1.165) is 46.6 Å². The van der Waals surface area contributed by atoms with E-state index >= 15 is 0 Å². The summed E-state index contributed by atoms with van der Waals surface area (Å²) in [5.41, 5.74) is 3.98. The van der Waals surface area contributed by atoms with Gasteiger partial charge in [0.2, 0.25) is 15.6 Å². The number of benzene rings is 3. The van der Waals surface area contributed by atoms with E-state index < -0.39 is 15.9 Å². The number of carbonyl (C=O) groups excluding carboxylic acids is 1. The molecule has 8 nitrogen and oxygen atoms in total. The van der Waals surface area contributed by atoms with Gasteiger partial charge in [-0.15, -0.1) is 0 Å². The molecule has 1 fully saturated rings. The van der Waals surface area contributed by atoms with Crippen LogP contribution in [0.3, 0.4) is 0 Å². The minimum Gasteiger partial charge on any atom is -0.364 e. The van der Waals surface area contributed by atoms with Crippen LogP contribution in [-0.4, -0.2) is 44.3 Å². The van der Waals surface area contributed by atoms with Crippen molar-refractivity contribution in [1.82, 2.24) is 9.29 Å². The van der Waals surface area contributed by atoms with Gasteiger partial charge < -0.3 is 15.2 Å². The highest BCUT2D eigenvalue weighted by Crippen LogP contribution is 2.38. The molecule has 2 N–H and O–H groups in total. The molecule has 2 heterocycles. The zero-order valence-electron chi connectivity index (χ0n) is 22.3. The molecular weight excluding hydrogens is 512 g/mol. The zero-order valence-corrected chi connectivity index (χ0v) is 23.1. The highest BCUT2D eigenvalue weighted by Gasteiger charge is 2.29. The Kier molecular flexibility index (Phi) is 7.29. The van der Waals surface area contributed by atoms with Gasteiger partial charge in [-0.2, -0.15) is 0 Å². The SMILES string of the molecule is Cc1cc(=O)[nH]c2ccc(NC(=O)c3cc(S(=O)(=O)N(C)C)ccc3N3CCCCC3c3ccccc3)cc12. The Hall–Kier alpha value is -3.95. The summed E-state index contributed by atoms with van der Waals surface area (Å²) >= 11 is 0. The lowest BCUT2D eigenvalue weighted by molar-refractivity contribution is 0.102. The van der Waals surface area contributed by atoms with Crippen LogP contribution >= 0.6 is 0 Å². The fraction of sp³-hybridized carbons (Fsp3) is 0.267. The Bertz CT molecular complexity index is 1700. The van der Waals surface area contributed by atoms with Crippen molar-refractivity contribution in [2.45, 2.75) is 37.1 Å². The number of rotatable bonds is 6. The molecule has 1 aromatic heterocycles. The first-order valence-electron chi connectivity index (χ1n) is 13.0. The van der Waals surface area contributed by atoms with Crippen LogP contribution in [0.4, 0.5) is 11.4 Å². The molecule has 0 spiro atoms. The number of anilines is 2. The number of carbonyl (C=O) groups is 1. The van der Waals surface area contributed by atoms with Crippen LogP contribution in [0.1, 0.15) is 46.8 Å². The minimum atomic E-state index is -3.76. The highest BCUT2D eigenvalue weighted by atomic mass is 32.2. The van der Waals surface area contributed by atoms with Gasteiger partial charge in [-0.1, -0.05) is 30.3 Å². The van der Waals surface area contributed by atoms with Crippen LogP contribution in [0.15, 0.2) is 82.5 Å². The van der Waals surface area contributed by atoms with Crippen molar-refractivity contribution >= 4 is 38.2 Å². The minimum absolute atomic E-state index is 0.0570. The Labute approximate surface area is 228 Å². The third-order valence-electron chi connectivity index (χ3n) is 7.30. The molecule has 1 aliphatic heterocycles. The fourth-order valence-corrected chi connectivity index (χ4v) is 6.19. The van der Waals surface area contributed by atoms with Gasteiger partial charge in [-0.3, -0.25) is 9.59 Å². The molecule has 9 heteroatoms. The van der Waals surface area contributed by atoms with E-state index in [1.54, 1.807) is 24.3 Å². The van der Waals surface area contributed by atoms with Crippen molar-refractivity contribution in [3.8, 4) is 0 Å². The van der Waals surface area contributed by atoms with Crippen LogP contribution in [0.2, 0.25) is 0 Å². The second kappa shape index (κ2) is 10.7. The van der Waals surface area contributed by atoms with Gasteiger partial charge in [0.1, 0.15) is 0 Å². The third kappa shape index (κ3) is 5.32. The number of amides is 1. The number of aromatic nitrogens is 1. The van der Waals surface area contributed by atoms with E-state index in [1.807, 2.05) is 31.2 Å². The number of aryl methyl sites for hydroxylation is 1.